The van der Waals surface area contributed by atoms with Crippen LogP contribution in [0.5, 0.6) is 5.75 Å². The zero-order chi connectivity index (χ0) is 27.8. The predicted molar refractivity (Wildman–Crippen MR) is 156 cm³/mol. The summed E-state index contributed by atoms with van der Waals surface area (Å²) in [6.45, 7) is 5.22. The Balaban J connectivity index is 1.36. The van der Waals surface area contributed by atoms with E-state index in [1.807, 2.05) is 54.9 Å². The molecule has 2 amide bonds. The second-order valence-corrected chi connectivity index (χ2v) is 11.0. The van der Waals surface area contributed by atoms with Crippen LogP contribution >= 0.6 is 0 Å². The average molecular weight is 539 g/mol. The van der Waals surface area contributed by atoms with Gasteiger partial charge in [0.25, 0.3) is 5.91 Å². The number of aryl methyl sites for hydroxylation is 1. The SMILES string of the molecule is Cc1cncc(CN2CCC3(C/C=C/COc4ccccc4C(=O)NC[C@@H](Cc4ccccc4)NC3=O)CC2)c1. The Hall–Kier alpha value is -3.97. The number of benzene rings is 2. The Kier molecular flexibility index (Phi) is 8.91. The van der Waals surface area contributed by atoms with Gasteiger partial charge in [0.15, 0.2) is 0 Å². The van der Waals surface area contributed by atoms with Crippen molar-refractivity contribution in [3.63, 3.8) is 0 Å². The van der Waals surface area contributed by atoms with Crippen LogP contribution in [0.4, 0.5) is 0 Å². The number of carbonyl (C=O) groups is 2. The number of hydrogen-bond donors (Lipinski definition) is 2. The zero-order valence-electron chi connectivity index (χ0n) is 23.1. The fraction of sp³-hybridized carbons (Fsp3) is 0.364. The van der Waals surface area contributed by atoms with Crippen molar-refractivity contribution in [3.8, 4) is 5.75 Å². The van der Waals surface area contributed by atoms with E-state index in [0.29, 0.717) is 37.3 Å². The van der Waals surface area contributed by atoms with Gasteiger partial charge in [-0.25, -0.2) is 0 Å². The quantitative estimate of drug-likeness (QED) is 0.479. The molecule has 3 aromatic rings. The van der Waals surface area contributed by atoms with Gasteiger partial charge in [-0.2, -0.15) is 0 Å². The second kappa shape index (κ2) is 12.9. The molecule has 1 aromatic heterocycles. The number of rotatable bonds is 4. The number of ether oxygens (including phenoxy) is 1. The number of likely N-dealkylation sites (tertiary alicyclic amines) is 1. The first-order chi connectivity index (χ1) is 19.5. The molecule has 0 unspecified atom stereocenters. The van der Waals surface area contributed by atoms with Crippen molar-refractivity contribution >= 4 is 11.8 Å². The van der Waals surface area contributed by atoms with Crippen molar-refractivity contribution in [2.24, 2.45) is 5.41 Å². The van der Waals surface area contributed by atoms with E-state index in [-0.39, 0.29) is 17.9 Å². The topological polar surface area (TPSA) is 83.6 Å². The minimum Gasteiger partial charge on any atom is -0.489 e. The molecule has 3 heterocycles. The second-order valence-electron chi connectivity index (χ2n) is 11.0. The lowest BCUT2D eigenvalue weighted by atomic mass is 9.74. The third kappa shape index (κ3) is 6.96. The maximum atomic E-state index is 14.0. The van der Waals surface area contributed by atoms with Crippen LogP contribution in [0.3, 0.4) is 0 Å². The Labute approximate surface area is 236 Å². The van der Waals surface area contributed by atoms with E-state index in [0.717, 1.165) is 43.6 Å². The molecule has 1 atom stereocenters. The average Bonchev–Trinajstić information content (AvgIpc) is 2.97. The first-order valence-electron chi connectivity index (χ1n) is 14.1. The highest BCUT2D eigenvalue weighted by molar-refractivity contribution is 5.97. The number of piperidine rings is 1. The van der Waals surface area contributed by atoms with E-state index in [2.05, 4.69) is 51.7 Å². The summed E-state index contributed by atoms with van der Waals surface area (Å²) < 4.78 is 5.96. The Morgan fingerprint density at radius 3 is 2.55 bits per heavy atom. The fourth-order valence-electron chi connectivity index (χ4n) is 5.64. The molecule has 2 aromatic carbocycles. The molecule has 40 heavy (non-hydrogen) atoms. The molecule has 7 nitrogen and oxygen atoms in total. The number of para-hydroxylation sites is 1. The summed E-state index contributed by atoms with van der Waals surface area (Å²) >= 11 is 0. The summed E-state index contributed by atoms with van der Waals surface area (Å²) in [5.41, 5.74) is 3.44. The van der Waals surface area contributed by atoms with Crippen LogP contribution in [-0.4, -0.2) is 54.0 Å². The van der Waals surface area contributed by atoms with E-state index in [4.69, 9.17) is 4.74 Å². The minimum atomic E-state index is -0.515. The normalized spacial score (nSPS) is 20.9. The molecule has 0 aliphatic carbocycles. The number of carbonyl (C=O) groups excluding carboxylic acids is 2. The molecule has 0 saturated carbocycles. The molecule has 1 saturated heterocycles. The number of fused-ring (bicyclic) bond motifs is 1. The van der Waals surface area contributed by atoms with Gasteiger partial charge in [0, 0.05) is 25.5 Å². The van der Waals surface area contributed by atoms with Gasteiger partial charge in [-0.1, -0.05) is 60.7 Å². The van der Waals surface area contributed by atoms with E-state index in [1.54, 1.807) is 6.07 Å². The molecule has 7 heteroatoms. The van der Waals surface area contributed by atoms with Gasteiger partial charge in [0.05, 0.1) is 17.0 Å². The third-order valence-electron chi connectivity index (χ3n) is 7.94. The zero-order valence-corrected chi connectivity index (χ0v) is 23.1. The molecular weight excluding hydrogens is 500 g/mol. The molecule has 208 valence electrons. The molecule has 0 radical (unpaired) electrons. The Bertz CT molecular complexity index is 1330. The number of amides is 2. The van der Waals surface area contributed by atoms with Crippen LogP contribution in [0.25, 0.3) is 0 Å². The molecule has 2 aliphatic rings. The van der Waals surface area contributed by atoms with E-state index in [1.165, 1.54) is 5.56 Å². The predicted octanol–water partition coefficient (Wildman–Crippen LogP) is 4.47. The summed E-state index contributed by atoms with van der Waals surface area (Å²) in [5.74, 6) is 0.402. The Morgan fingerprint density at radius 2 is 1.75 bits per heavy atom. The van der Waals surface area contributed by atoms with Crippen molar-refractivity contribution in [2.75, 3.05) is 26.2 Å². The Morgan fingerprint density at radius 1 is 0.975 bits per heavy atom. The molecule has 0 bridgehead atoms. The largest absolute Gasteiger partial charge is 0.489 e. The first kappa shape index (κ1) is 27.6. The number of pyridine rings is 1. The van der Waals surface area contributed by atoms with E-state index < -0.39 is 5.41 Å². The van der Waals surface area contributed by atoms with Crippen LogP contribution in [0.15, 0.2) is 85.2 Å². The van der Waals surface area contributed by atoms with Crippen LogP contribution < -0.4 is 15.4 Å². The summed E-state index contributed by atoms with van der Waals surface area (Å²) in [6, 6.07) is 19.3. The fourth-order valence-corrected chi connectivity index (χ4v) is 5.64. The van der Waals surface area contributed by atoms with Gasteiger partial charge in [-0.15, -0.1) is 0 Å². The highest BCUT2D eigenvalue weighted by Gasteiger charge is 2.41. The third-order valence-corrected chi connectivity index (χ3v) is 7.94. The highest BCUT2D eigenvalue weighted by atomic mass is 16.5. The lowest BCUT2D eigenvalue weighted by molar-refractivity contribution is -0.134. The van der Waals surface area contributed by atoms with Crippen molar-refractivity contribution in [1.82, 2.24) is 20.5 Å². The van der Waals surface area contributed by atoms with Gasteiger partial charge in [-0.3, -0.25) is 19.5 Å². The number of aromatic nitrogens is 1. The molecule has 5 rings (SSSR count). The summed E-state index contributed by atoms with van der Waals surface area (Å²) in [7, 11) is 0. The van der Waals surface area contributed by atoms with Gasteiger partial charge in [-0.05, 0) is 74.5 Å². The van der Waals surface area contributed by atoms with Crippen molar-refractivity contribution in [1.29, 1.82) is 0 Å². The summed E-state index contributed by atoms with van der Waals surface area (Å²) in [5, 5.41) is 6.40. The van der Waals surface area contributed by atoms with Crippen LogP contribution in [-0.2, 0) is 17.8 Å². The lowest BCUT2D eigenvalue weighted by Crippen LogP contribution is -2.53. The highest BCUT2D eigenvalue weighted by Crippen LogP contribution is 2.37. The van der Waals surface area contributed by atoms with Crippen molar-refractivity contribution in [3.05, 3.63) is 107 Å². The van der Waals surface area contributed by atoms with Crippen molar-refractivity contribution in [2.45, 2.75) is 45.2 Å². The molecule has 1 fully saturated rings. The van der Waals surface area contributed by atoms with Crippen LogP contribution in [0.1, 0.15) is 46.3 Å². The number of allylic oxidation sites excluding steroid dienone is 1. The standard InChI is InChI=1S/C33H38N4O3/c1-25-19-27(22-34-21-25)24-37-16-14-33(15-17-37)13-7-8-18-40-30-12-6-5-11-29(30)31(38)35-23-28(36-32(33)39)20-26-9-3-2-4-10-26/h2-12,19,21-22,28H,13-18,20,23-24H2,1H3,(H,35,38)(H,36,39)/b8-7+/t28-/m1/s1. The van der Waals surface area contributed by atoms with E-state index in [9.17, 15) is 9.59 Å². The summed E-state index contributed by atoms with van der Waals surface area (Å²) in [4.78, 5) is 33.9. The molecule has 2 aliphatic heterocycles. The van der Waals surface area contributed by atoms with Crippen LogP contribution in [0.2, 0.25) is 0 Å². The summed E-state index contributed by atoms with van der Waals surface area (Å²) in [6.07, 6.45) is 10.6. The molecule has 2 N–H and O–H groups in total. The maximum Gasteiger partial charge on any atom is 0.255 e. The smallest absolute Gasteiger partial charge is 0.255 e. The maximum absolute atomic E-state index is 14.0. The number of nitrogens with zero attached hydrogens (tertiary/aromatic N) is 2. The molecule has 1 spiro atoms. The minimum absolute atomic E-state index is 0.0579. The number of nitrogens with one attached hydrogen (secondary N) is 2. The van der Waals surface area contributed by atoms with Crippen LogP contribution in [0, 0.1) is 12.3 Å². The lowest BCUT2D eigenvalue weighted by Gasteiger charge is -2.41. The number of hydrogen-bond acceptors (Lipinski definition) is 5. The molecular formula is C33H38N4O3. The van der Waals surface area contributed by atoms with Crippen molar-refractivity contribution < 1.29 is 14.3 Å². The van der Waals surface area contributed by atoms with Gasteiger partial charge < -0.3 is 15.4 Å². The van der Waals surface area contributed by atoms with E-state index >= 15 is 0 Å². The first-order valence-corrected chi connectivity index (χ1v) is 14.1. The van der Waals surface area contributed by atoms with Gasteiger partial charge in [0.1, 0.15) is 12.4 Å². The monoisotopic (exact) mass is 538 g/mol. The van der Waals surface area contributed by atoms with Gasteiger partial charge >= 0.3 is 0 Å². The van der Waals surface area contributed by atoms with Gasteiger partial charge in [0.2, 0.25) is 5.91 Å².